The summed E-state index contributed by atoms with van der Waals surface area (Å²) in [5.41, 5.74) is 0. The number of hydrogen-bond donors (Lipinski definition) is 1. The van der Waals surface area contributed by atoms with Crippen LogP contribution < -0.4 is 14.8 Å². The van der Waals surface area contributed by atoms with Crippen LogP contribution in [0.4, 0.5) is 10.7 Å². The van der Waals surface area contributed by atoms with Crippen molar-refractivity contribution in [1.82, 2.24) is 14.9 Å². The summed E-state index contributed by atoms with van der Waals surface area (Å²) in [5.74, 6) is 0.867. The number of anilines is 1. The van der Waals surface area contributed by atoms with Crippen molar-refractivity contribution in [2.75, 3.05) is 38.4 Å². The number of thioether (sulfide) groups is 1. The molecule has 1 N–H and O–H groups in total. The number of unbranched alkanes of at least 4 members (excludes halogenated alkanes) is 1. The van der Waals surface area contributed by atoms with E-state index >= 15 is 0 Å². The third kappa shape index (κ3) is 6.01. The van der Waals surface area contributed by atoms with Crippen molar-refractivity contribution >= 4 is 33.8 Å². The molecule has 0 aliphatic carbocycles. The summed E-state index contributed by atoms with van der Waals surface area (Å²) in [6.45, 7) is 3.35. The summed E-state index contributed by atoms with van der Waals surface area (Å²) in [4.78, 5) is 21.5. The van der Waals surface area contributed by atoms with Gasteiger partial charge in [0.2, 0.25) is 17.7 Å². The Kier molecular flexibility index (Phi) is 7.74. The lowest BCUT2D eigenvalue weighted by molar-refractivity contribution is 0.258. The van der Waals surface area contributed by atoms with Crippen LogP contribution in [0.25, 0.3) is 0 Å². The summed E-state index contributed by atoms with van der Waals surface area (Å²) in [7, 11) is -1.17. The van der Waals surface area contributed by atoms with E-state index in [0.29, 0.717) is 18.8 Å². The standard InChI is InChI=1S/C14H22N6O5S2/c1-4-5-6-20-7-8-26-14(20)27(22,23)19-18-13(21)17-12-15-10(24-2)9-11(16-12)25-3/h9,14H,4-8H2,1-3H3,(H,15,16,17,21)/b19-18+. The zero-order valence-corrected chi connectivity index (χ0v) is 16.9. The Labute approximate surface area is 162 Å². The molecule has 1 aromatic heterocycles. The molecule has 2 heterocycles. The first-order valence-corrected chi connectivity index (χ1v) is 10.7. The van der Waals surface area contributed by atoms with Gasteiger partial charge in [0.25, 0.3) is 10.0 Å². The Bertz CT molecular complexity index is 766. The maximum Gasteiger partial charge on any atom is 0.367 e. The van der Waals surface area contributed by atoms with E-state index in [-0.39, 0.29) is 17.7 Å². The number of ether oxygens (including phenoxy) is 2. The molecule has 1 saturated heterocycles. The highest BCUT2D eigenvalue weighted by Crippen LogP contribution is 2.29. The first kappa shape index (κ1) is 21.3. The maximum atomic E-state index is 12.4. The van der Waals surface area contributed by atoms with E-state index < -0.39 is 20.8 Å². The number of hydrogen-bond acceptors (Lipinski definition) is 9. The van der Waals surface area contributed by atoms with E-state index in [1.807, 2.05) is 11.8 Å². The van der Waals surface area contributed by atoms with Crippen LogP contribution in [0.3, 0.4) is 0 Å². The lowest BCUT2D eigenvalue weighted by atomic mass is 10.3. The number of carbonyl (C=O) groups excluding carboxylic acids is 1. The van der Waals surface area contributed by atoms with E-state index in [2.05, 4.69) is 24.9 Å². The fraction of sp³-hybridized carbons (Fsp3) is 0.643. The van der Waals surface area contributed by atoms with E-state index in [1.54, 1.807) is 0 Å². The highest BCUT2D eigenvalue weighted by molar-refractivity contribution is 8.13. The second-order valence-electron chi connectivity index (χ2n) is 5.47. The average molecular weight is 419 g/mol. The number of nitrogens with one attached hydrogen (secondary N) is 1. The van der Waals surface area contributed by atoms with E-state index in [9.17, 15) is 13.2 Å². The van der Waals surface area contributed by atoms with Gasteiger partial charge in [0.1, 0.15) is 0 Å². The number of amides is 2. The summed E-state index contributed by atoms with van der Waals surface area (Å²) in [6.07, 6.45) is 1.85. The number of methoxy groups -OCH3 is 2. The molecule has 150 valence electrons. The van der Waals surface area contributed by atoms with Crippen molar-refractivity contribution in [3.05, 3.63) is 6.07 Å². The predicted molar refractivity (Wildman–Crippen MR) is 101 cm³/mol. The third-order valence-corrected chi connectivity index (χ3v) is 6.81. The Hall–Kier alpha value is -1.99. The number of rotatable bonds is 8. The largest absolute Gasteiger partial charge is 0.481 e. The van der Waals surface area contributed by atoms with Gasteiger partial charge in [-0.05, 0) is 6.42 Å². The third-order valence-electron chi connectivity index (χ3n) is 3.55. The fourth-order valence-electron chi connectivity index (χ4n) is 2.26. The van der Waals surface area contributed by atoms with Gasteiger partial charge in [-0.25, -0.2) is 13.2 Å². The van der Waals surface area contributed by atoms with Gasteiger partial charge in [0.15, 0.2) is 4.71 Å². The first-order chi connectivity index (χ1) is 12.9. The number of carbonyl (C=O) groups is 1. The molecule has 0 saturated carbocycles. The van der Waals surface area contributed by atoms with Crippen molar-refractivity contribution in [1.29, 1.82) is 0 Å². The molecule has 1 unspecified atom stereocenters. The van der Waals surface area contributed by atoms with Crippen molar-refractivity contribution in [2.24, 2.45) is 9.63 Å². The molecule has 2 amide bonds. The monoisotopic (exact) mass is 418 g/mol. The molecule has 0 aromatic carbocycles. The van der Waals surface area contributed by atoms with Crippen LogP contribution in [0.1, 0.15) is 19.8 Å². The summed E-state index contributed by atoms with van der Waals surface area (Å²) in [6, 6.07) is 0.404. The Morgan fingerprint density at radius 1 is 1.37 bits per heavy atom. The van der Waals surface area contributed by atoms with Crippen LogP contribution in [-0.2, 0) is 10.0 Å². The van der Waals surface area contributed by atoms with Crippen LogP contribution in [0, 0.1) is 0 Å². The summed E-state index contributed by atoms with van der Waals surface area (Å²) < 4.78 is 37.2. The van der Waals surface area contributed by atoms with Crippen molar-refractivity contribution in [3.8, 4) is 11.8 Å². The van der Waals surface area contributed by atoms with Crippen LogP contribution in [0.5, 0.6) is 11.8 Å². The molecule has 1 aliphatic heterocycles. The first-order valence-electron chi connectivity index (χ1n) is 8.20. The maximum absolute atomic E-state index is 12.4. The van der Waals surface area contributed by atoms with Crippen LogP contribution in [0.15, 0.2) is 15.7 Å². The molecule has 2 rings (SSSR count). The second-order valence-corrected chi connectivity index (χ2v) is 8.60. The van der Waals surface area contributed by atoms with Gasteiger partial charge in [-0.15, -0.1) is 11.8 Å². The lowest BCUT2D eigenvalue weighted by Gasteiger charge is -2.20. The lowest BCUT2D eigenvalue weighted by Crippen LogP contribution is -2.34. The van der Waals surface area contributed by atoms with Crippen LogP contribution in [-0.4, -0.2) is 67.1 Å². The quantitative estimate of drug-likeness (QED) is 0.628. The molecule has 0 spiro atoms. The van der Waals surface area contributed by atoms with Gasteiger partial charge < -0.3 is 9.47 Å². The molecule has 1 fully saturated rings. The summed E-state index contributed by atoms with van der Waals surface area (Å²) in [5, 5.41) is 5.48. The highest BCUT2D eigenvalue weighted by Gasteiger charge is 2.36. The average Bonchev–Trinajstić information content (AvgIpc) is 3.14. The van der Waals surface area contributed by atoms with Gasteiger partial charge in [0, 0.05) is 18.8 Å². The Balaban J connectivity index is 2.05. The molecular formula is C14H22N6O5S2. The molecular weight excluding hydrogens is 396 g/mol. The normalized spacial score (nSPS) is 18.0. The highest BCUT2D eigenvalue weighted by atomic mass is 32.3. The van der Waals surface area contributed by atoms with Crippen molar-refractivity contribution in [2.45, 2.75) is 24.5 Å². The number of aromatic nitrogens is 2. The van der Waals surface area contributed by atoms with E-state index in [0.717, 1.165) is 12.8 Å². The minimum Gasteiger partial charge on any atom is -0.481 e. The van der Waals surface area contributed by atoms with Crippen LogP contribution in [0.2, 0.25) is 0 Å². The van der Waals surface area contributed by atoms with E-state index in [4.69, 9.17) is 9.47 Å². The molecule has 11 nitrogen and oxygen atoms in total. The van der Waals surface area contributed by atoms with Crippen molar-refractivity contribution < 1.29 is 22.7 Å². The van der Waals surface area contributed by atoms with Gasteiger partial charge in [-0.2, -0.15) is 9.97 Å². The van der Waals surface area contributed by atoms with Crippen LogP contribution >= 0.6 is 11.8 Å². The molecule has 1 aliphatic rings. The summed E-state index contributed by atoms with van der Waals surface area (Å²) >= 11 is 1.27. The predicted octanol–water partition coefficient (Wildman–Crippen LogP) is 1.94. The van der Waals surface area contributed by atoms with Gasteiger partial charge in [0.05, 0.1) is 20.3 Å². The molecule has 1 atom stereocenters. The van der Waals surface area contributed by atoms with E-state index in [1.165, 1.54) is 32.0 Å². The molecule has 0 radical (unpaired) electrons. The smallest absolute Gasteiger partial charge is 0.367 e. The SMILES string of the molecule is CCCCN1CCSC1S(=O)(=O)/N=N/C(=O)Nc1nc(OC)cc(OC)n1. The van der Waals surface area contributed by atoms with Gasteiger partial charge in [-0.1, -0.05) is 23.0 Å². The fourth-order valence-corrected chi connectivity index (χ4v) is 5.17. The topological polar surface area (TPSA) is 135 Å². The zero-order valence-electron chi connectivity index (χ0n) is 15.3. The molecule has 1 aromatic rings. The van der Waals surface area contributed by atoms with Gasteiger partial charge >= 0.3 is 6.03 Å². The Morgan fingerprint density at radius 2 is 2.04 bits per heavy atom. The zero-order chi connectivity index (χ0) is 19.9. The second kappa shape index (κ2) is 9.80. The molecule has 0 bridgehead atoms. The van der Waals surface area contributed by atoms with Gasteiger partial charge in [-0.3, -0.25) is 10.2 Å². The number of nitrogens with zero attached hydrogens (tertiary/aromatic N) is 5. The minimum absolute atomic E-state index is 0.146. The number of sulfonamides is 1. The minimum atomic E-state index is -3.96. The molecule has 27 heavy (non-hydrogen) atoms. The number of urea groups is 1. The van der Waals surface area contributed by atoms with Crippen molar-refractivity contribution in [3.63, 3.8) is 0 Å². The Morgan fingerprint density at radius 3 is 2.63 bits per heavy atom. The molecule has 13 heteroatoms.